The molecule has 0 bridgehead atoms. The fourth-order valence-corrected chi connectivity index (χ4v) is 4.71. The Kier molecular flexibility index (Phi) is 6.42. The minimum Gasteiger partial charge on any atom is -0.487 e. The Morgan fingerprint density at radius 2 is 1.95 bits per heavy atom. The largest absolute Gasteiger partial charge is 0.487 e. The summed E-state index contributed by atoms with van der Waals surface area (Å²) in [6, 6.07) is 19.5. The van der Waals surface area contributed by atoms with Crippen LogP contribution < -0.4 is 4.74 Å². The standard InChI is InChI=1S/C29H28N4O4/c1-29(2,36)21-6-3-18(4-7-21)25-14-24-23(9-11-31-28(24)32-25)19-5-8-26(20(13-19)15-30)37-22-10-12-33(16-22)27(35)17-34/h3-9,11,13-14,22,34,36H,10,12,16-17H2,1-2H3,(H,31,32). The zero-order chi connectivity index (χ0) is 26.2. The number of hydrogen-bond acceptors (Lipinski definition) is 6. The van der Waals surface area contributed by atoms with Gasteiger partial charge in [0.1, 0.15) is 30.2 Å². The lowest BCUT2D eigenvalue weighted by Gasteiger charge is -2.17. The second kappa shape index (κ2) is 9.69. The van der Waals surface area contributed by atoms with E-state index in [9.17, 15) is 15.2 Å². The lowest BCUT2D eigenvalue weighted by atomic mass is 9.96. The van der Waals surface area contributed by atoms with Crippen molar-refractivity contribution in [2.45, 2.75) is 32.0 Å². The Morgan fingerprint density at radius 3 is 2.65 bits per heavy atom. The van der Waals surface area contributed by atoms with Gasteiger partial charge >= 0.3 is 0 Å². The number of nitrogens with zero attached hydrogens (tertiary/aromatic N) is 3. The fraction of sp³-hybridized carbons (Fsp3) is 0.276. The third kappa shape index (κ3) is 4.92. The number of pyridine rings is 1. The van der Waals surface area contributed by atoms with Crippen LogP contribution in [0.2, 0.25) is 0 Å². The Balaban J connectivity index is 1.43. The van der Waals surface area contributed by atoms with E-state index in [2.05, 4.69) is 16.0 Å². The summed E-state index contributed by atoms with van der Waals surface area (Å²) >= 11 is 0. The van der Waals surface area contributed by atoms with Gasteiger partial charge in [0, 0.05) is 30.2 Å². The van der Waals surface area contributed by atoms with E-state index < -0.39 is 12.2 Å². The molecule has 188 valence electrons. The van der Waals surface area contributed by atoms with Crippen LogP contribution in [-0.2, 0) is 10.4 Å². The predicted molar refractivity (Wildman–Crippen MR) is 140 cm³/mol. The zero-order valence-corrected chi connectivity index (χ0v) is 20.7. The molecule has 4 aromatic rings. The highest BCUT2D eigenvalue weighted by Gasteiger charge is 2.27. The SMILES string of the molecule is CC(C)(O)c1ccc(-c2cc3c(-c4ccc(OC5CCN(C(=O)CO)C5)c(C#N)c4)ccnc3[nH]2)cc1. The van der Waals surface area contributed by atoms with Crippen molar-refractivity contribution in [1.82, 2.24) is 14.9 Å². The van der Waals surface area contributed by atoms with Crippen molar-refractivity contribution in [3.05, 3.63) is 71.9 Å². The van der Waals surface area contributed by atoms with Gasteiger partial charge < -0.3 is 24.8 Å². The summed E-state index contributed by atoms with van der Waals surface area (Å²) in [6.07, 6.45) is 2.15. The van der Waals surface area contributed by atoms with E-state index in [0.29, 0.717) is 30.8 Å². The van der Waals surface area contributed by atoms with Crippen molar-refractivity contribution >= 4 is 16.9 Å². The molecule has 0 radical (unpaired) electrons. The molecule has 3 heterocycles. The zero-order valence-electron chi connectivity index (χ0n) is 20.7. The molecule has 1 aliphatic rings. The normalized spacial score (nSPS) is 15.6. The molecular formula is C29H28N4O4. The van der Waals surface area contributed by atoms with Crippen LogP contribution in [0.4, 0.5) is 0 Å². The lowest BCUT2D eigenvalue weighted by Crippen LogP contribution is -2.32. The first-order valence-corrected chi connectivity index (χ1v) is 12.2. The first-order valence-electron chi connectivity index (χ1n) is 12.2. The van der Waals surface area contributed by atoms with Crippen molar-refractivity contribution < 1.29 is 19.7 Å². The van der Waals surface area contributed by atoms with Crippen LogP contribution in [0.25, 0.3) is 33.4 Å². The van der Waals surface area contributed by atoms with E-state index in [1.165, 1.54) is 0 Å². The van der Waals surface area contributed by atoms with Gasteiger partial charge in [-0.1, -0.05) is 30.3 Å². The van der Waals surface area contributed by atoms with E-state index in [4.69, 9.17) is 9.84 Å². The molecule has 8 heteroatoms. The van der Waals surface area contributed by atoms with Gasteiger partial charge in [-0.3, -0.25) is 4.79 Å². The first kappa shape index (κ1) is 24.5. The van der Waals surface area contributed by atoms with Gasteiger partial charge in [-0.2, -0.15) is 5.26 Å². The lowest BCUT2D eigenvalue weighted by molar-refractivity contribution is -0.133. The molecule has 1 atom stereocenters. The number of fused-ring (bicyclic) bond motifs is 1. The fourth-order valence-electron chi connectivity index (χ4n) is 4.71. The van der Waals surface area contributed by atoms with Crippen LogP contribution >= 0.6 is 0 Å². The van der Waals surface area contributed by atoms with Gasteiger partial charge in [0.05, 0.1) is 17.7 Å². The average Bonchev–Trinajstić information content (AvgIpc) is 3.55. The molecule has 37 heavy (non-hydrogen) atoms. The third-order valence-electron chi connectivity index (χ3n) is 6.77. The van der Waals surface area contributed by atoms with Crippen LogP contribution in [0.5, 0.6) is 5.75 Å². The van der Waals surface area contributed by atoms with E-state index in [1.54, 1.807) is 37.1 Å². The molecule has 1 fully saturated rings. The van der Waals surface area contributed by atoms with Crippen molar-refractivity contribution in [3.63, 3.8) is 0 Å². The number of aliphatic hydroxyl groups is 2. The number of H-pyrrole nitrogens is 1. The molecule has 2 aromatic carbocycles. The molecule has 1 amide bonds. The van der Waals surface area contributed by atoms with Gasteiger partial charge in [-0.25, -0.2) is 4.98 Å². The number of aromatic nitrogens is 2. The highest BCUT2D eigenvalue weighted by molar-refractivity contribution is 5.96. The number of rotatable bonds is 6. The second-order valence-electron chi connectivity index (χ2n) is 9.79. The van der Waals surface area contributed by atoms with E-state index >= 15 is 0 Å². The predicted octanol–water partition coefficient (Wildman–Crippen LogP) is 3.97. The Bertz CT molecular complexity index is 1500. The summed E-state index contributed by atoms with van der Waals surface area (Å²) in [6.45, 7) is 3.91. The number of amides is 1. The number of likely N-dealkylation sites (tertiary alicyclic amines) is 1. The Labute approximate surface area is 214 Å². The molecule has 0 spiro atoms. The Morgan fingerprint density at radius 1 is 1.19 bits per heavy atom. The van der Waals surface area contributed by atoms with Crippen molar-refractivity contribution in [1.29, 1.82) is 5.26 Å². The molecule has 5 rings (SSSR count). The molecule has 1 aliphatic heterocycles. The molecular weight excluding hydrogens is 468 g/mol. The number of carbonyl (C=O) groups excluding carboxylic acids is 1. The van der Waals surface area contributed by atoms with Crippen LogP contribution in [0.15, 0.2) is 60.8 Å². The molecule has 8 nitrogen and oxygen atoms in total. The smallest absolute Gasteiger partial charge is 0.248 e. The van der Waals surface area contributed by atoms with Crippen LogP contribution in [-0.4, -0.2) is 56.8 Å². The van der Waals surface area contributed by atoms with Gasteiger partial charge in [-0.15, -0.1) is 0 Å². The number of aliphatic hydroxyl groups excluding tert-OH is 1. The molecule has 1 saturated heterocycles. The Hall–Kier alpha value is -4.19. The maximum absolute atomic E-state index is 11.7. The van der Waals surface area contributed by atoms with Gasteiger partial charge in [0.25, 0.3) is 0 Å². The molecule has 1 unspecified atom stereocenters. The number of aromatic amines is 1. The maximum Gasteiger partial charge on any atom is 0.248 e. The van der Waals surface area contributed by atoms with E-state index in [0.717, 1.165) is 39.0 Å². The summed E-state index contributed by atoms with van der Waals surface area (Å²) in [5.74, 6) is 0.157. The van der Waals surface area contributed by atoms with Gasteiger partial charge in [0.15, 0.2) is 0 Å². The van der Waals surface area contributed by atoms with Crippen LogP contribution in [0.1, 0.15) is 31.4 Å². The molecule has 0 aliphatic carbocycles. The van der Waals surface area contributed by atoms with Crippen LogP contribution in [0, 0.1) is 11.3 Å². The minimum absolute atomic E-state index is 0.226. The maximum atomic E-state index is 11.7. The average molecular weight is 497 g/mol. The number of ether oxygens (including phenoxy) is 1. The van der Waals surface area contributed by atoms with E-state index in [-0.39, 0.29) is 12.0 Å². The number of carbonyl (C=O) groups is 1. The van der Waals surface area contributed by atoms with E-state index in [1.807, 2.05) is 42.5 Å². The van der Waals surface area contributed by atoms with Crippen molar-refractivity contribution in [3.8, 4) is 34.2 Å². The molecule has 3 N–H and O–H groups in total. The summed E-state index contributed by atoms with van der Waals surface area (Å²) in [4.78, 5) is 21.2. The summed E-state index contributed by atoms with van der Waals surface area (Å²) < 4.78 is 6.06. The first-order chi connectivity index (χ1) is 17.8. The second-order valence-corrected chi connectivity index (χ2v) is 9.79. The number of nitriles is 1. The van der Waals surface area contributed by atoms with Crippen molar-refractivity contribution in [2.75, 3.05) is 19.7 Å². The van der Waals surface area contributed by atoms with Crippen molar-refractivity contribution in [2.24, 2.45) is 0 Å². The topological polar surface area (TPSA) is 122 Å². The minimum atomic E-state index is -0.907. The summed E-state index contributed by atoms with van der Waals surface area (Å²) in [7, 11) is 0. The molecule has 2 aromatic heterocycles. The highest BCUT2D eigenvalue weighted by Crippen LogP contribution is 2.34. The quantitative estimate of drug-likeness (QED) is 0.371. The summed E-state index contributed by atoms with van der Waals surface area (Å²) in [5.41, 5.74) is 4.75. The number of nitrogens with one attached hydrogen (secondary N) is 1. The van der Waals surface area contributed by atoms with Gasteiger partial charge in [0.2, 0.25) is 5.91 Å². The summed E-state index contributed by atoms with van der Waals surface area (Å²) in [5, 5.41) is 30.1. The molecule has 0 saturated carbocycles. The number of benzene rings is 2. The monoisotopic (exact) mass is 496 g/mol. The highest BCUT2D eigenvalue weighted by atomic mass is 16.5. The third-order valence-corrected chi connectivity index (χ3v) is 6.77. The van der Waals surface area contributed by atoms with Crippen LogP contribution in [0.3, 0.4) is 0 Å². The van der Waals surface area contributed by atoms with Gasteiger partial charge in [-0.05, 0) is 60.4 Å². The number of hydrogen-bond donors (Lipinski definition) is 3.